The maximum atomic E-state index is 13.2. The monoisotopic (exact) mass is 544 g/mol. The van der Waals surface area contributed by atoms with Gasteiger partial charge in [-0.3, -0.25) is 4.79 Å². The summed E-state index contributed by atoms with van der Waals surface area (Å²) in [6.45, 7) is 0.386. The summed E-state index contributed by atoms with van der Waals surface area (Å²) >= 11 is 3.53. The molecule has 0 fully saturated rings. The summed E-state index contributed by atoms with van der Waals surface area (Å²) in [6.07, 6.45) is 1.47. The molecule has 0 aliphatic heterocycles. The first-order chi connectivity index (χ1) is 17.5. The molecule has 0 spiro atoms. The molecule has 0 unspecified atom stereocenters. The maximum absolute atomic E-state index is 13.2. The van der Waals surface area contributed by atoms with Gasteiger partial charge in [0.15, 0.2) is 17.1 Å². The number of nitrogens with zero attached hydrogens (tertiary/aromatic N) is 1. The number of hydrogen-bond donors (Lipinski definition) is 2. The van der Waals surface area contributed by atoms with Crippen molar-refractivity contribution in [2.45, 2.75) is 12.2 Å². The number of benzene rings is 4. The van der Waals surface area contributed by atoms with Crippen molar-refractivity contribution in [1.82, 2.24) is 5.43 Å². The van der Waals surface area contributed by atoms with E-state index in [0.717, 1.165) is 5.56 Å². The van der Waals surface area contributed by atoms with Crippen molar-refractivity contribution >= 4 is 28.1 Å². The van der Waals surface area contributed by atoms with Crippen molar-refractivity contribution in [1.29, 1.82) is 0 Å². The van der Waals surface area contributed by atoms with Gasteiger partial charge in [0.1, 0.15) is 6.61 Å². The van der Waals surface area contributed by atoms with Gasteiger partial charge in [0.05, 0.1) is 17.8 Å². The lowest BCUT2D eigenvalue weighted by atomic mass is 9.85. The second-order valence-corrected chi connectivity index (χ2v) is 8.80. The molecule has 0 heterocycles. The lowest BCUT2D eigenvalue weighted by Gasteiger charge is -2.27. The quantitative estimate of drug-likeness (QED) is 0.217. The summed E-state index contributed by atoms with van der Waals surface area (Å²) in [5.41, 5.74) is 3.14. The Kier molecular flexibility index (Phi) is 8.15. The normalized spacial score (nSPS) is 11.3. The van der Waals surface area contributed by atoms with Gasteiger partial charge in [-0.15, -0.1) is 0 Å². The van der Waals surface area contributed by atoms with Crippen LogP contribution < -0.4 is 14.9 Å². The maximum Gasteiger partial charge on any atom is 0.281 e. The Balaban J connectivity index is 1.53. The number of aliphatic hydroxyl groups is 1. The van der Waals surface area contributed by atoms with Gasteiger partial charge in [-0.25, -0.2) is 5.43 Å². The van der Waals surface area contributed by atoms with Crippen molar-refractivity contribution in [2.75, 3.05) is 7.11 Å². The van der Waals surface area contributed by atoms with E-state index in [1.165, 1.54) is 6.21 Å². The van der Waals surface area contributed by atoms with Gasteiger partial charge in [0.2, 0.25) is 0 Å². The van der Waals surface area contributed by atoms with Crippen molar-refractivity contribution in [2.24, 2.45) is 5.10 Å². The topological polar surface area (TPSA) is 80.2 Å². The number of ether oxygens (including phenoxy) is 2. The molecule has 2 N–H and O–H groups in total. The Hall–Kier alpha value is -3.94. The van der Waals surface area contributed by atoms with Crippen LogP contribution in [0.5, 0.6) is 11.5 Å². The van der Waals surface area contributed by atoms with E-state index in [-0.39, 0.29) is 0 Å². The van der Waals surface area contributed by atoms with Gasteiger partial charge in [0, 0.05) is 0 Å². The van der Waals surface area contributed by atoms with E-state index in [4.69, 9.17) is 9.47 Å². The van der Waals surface area contributed by atoms with Crippen LogP contribution in [0.25, 0.3) is 0 Å². The zero-order valence-corrected chi connectivity index (χ0v) is 21.2. The van der Waals surface area contributed by atoms with Crippen LogP contribution in [0.1, 0.15) is 22.3 Å². The number of carbonyl (C=O) groups excluding carboxylic acids is 1. The molecule has 6 nitrogen and oxygen atoms in total. The average Bonchev–Trinajstić information content (AvgIpc) is 2.93. The van der Waals surface area contributed by atoms with E-state index in [1.807, 2.05) is 42.5 Å². The van der Waals surface area contributed by atoms with Gasteiger partial charge in [-0.05, 0) is 50.3 Å². The first-order valence-electron chi connectivity index (χ1n) is 11.2. The number of nitrogens with one attached hydrogen (secondary N) is 1. The summed E-state index contributed by atoms with van der Waals surface area (Å²) < 4.78 is 12.2. The van der Waals surface area contributed by atoms with Gasteiger partial charge in [0.25, 0.3) is 5.91 Å². The zero-order valence-electron chi connectivity index (χ0n) is 19.6. The number of halogens is 1. The van der Waals surface area contributed by atoms with Crippen molar-refractivity contribution in [3.63, 3.8) is 0 Å². The number of carbonyl (C=O) groups is 1. The second kappa shape index (κ2) is 11.7. The Morgan fingerprint density at radius 2 is 1.50 bits per heavy atom. The average molecular weight is 545 g/mol. The molecule has 182 valence electrons. The highest BCUT2D eigenvalue weighted by atomic mass is 79.9. The van der Waals surface area contributed by atoms with Crippen LogP contribution in [0.4, 0.5) is 0 Å². The molecule has 0 radical (unpaired) electrons. The largest absolute Gasteiger partial charge is 0.493 e. The molecule has 4 rings (SSSR count). The summed E-state index contributed by atoms with van der Waals surface area (Å²) in [5, 5.41) is 15.6. The van der Waals surface area contributed by atoms with E-state index in [2.05, 4.69) is 26.5 Å². The Labute approximate surface area is 218 Å². The minimum Gasteiger partial charge on any atom is -0.493 e. The molecular weight excluding hydrogens is 520 g/mol. The number of hydrogen-bond acceptors (Lipinski definition) is 5. The fourth-order valence-corrected chi connectivity index (χ4v) is 4.29. The molecular formula is C29H25BrN2O4. The molecule has 1 amide bonds. The van der Waals surface area contributed by atoms with Crippen molar-refractivity contribution < 1.29 is 19.4 Å². The van der Waals surface area contributed by atoms with Gasteiger partial charge in [-0.2, -0.15) is 5.10 Å². The standard InChI is InChI=1S/C29H25BrN2O4/c1-35-26-18-22(17-25(30)27(26)36-20-21-11-5-2-6-12-21)19-31-32-28(33)29(34,23-13-7-3-8-14-23)24-15-9-4-10-16-24/h2-19,34H,20H2,1H3,(H,32,33)/b31-19-. The van der Waals surface area contributed by atoms with Crippen LogP contribution in [0, 0.1) is 0 Å². The first-order valence-corrected chi connectivity index (χ1v) is 12.0. The van der Waals surface area contributed by atoms with Crippen LogP contribution in [0.15, 0.2) is 113 Å². The predicted molar refractivity (Wildman–Crippen MR) is 143 cm³/mol. The number of hydrazone groups is 1. The van der Waals surface area contributed by atoms with Crippen LogP contribution in [-0.2, 0) is 17.0 Å². The smallest absolute Gasteiger partial charge is 0.281 e. The van der Waals surface area contributed by atoms with Gasteiger partial charge >= 0.3 is 0 Å². The minimum atomic E-state index is -1.91. The molecule has 0 bridgehead atoms. The molecule has 36 heavy (non-hydrogen) atoms. The van der Waals surface area contributed by atoms with Crippen LogP contribution >= 0.6 is 15.9 Å². The lowest BCUT2D eigenvalue weighted by Crippen LogP contribution is -2.43. The van der Waals surface area contributed by atoms with E-state index in [9.17, 15) is 9.90 Å². The molecule has 0 aliphatic carbocycles. The van der Waals surface area contributed by atoms with E-state index < -0.39 is 11.5 Å². The SMILES string of the molecule is COc1cc(/C=N\NC(=O)C(O)(c2ccccc2)c2ccccc2)cc(Br)c1OCc1ccccc1. The van der Waals surface area contributed by atoms with E-state index in [1.54, 1.807) is 67.8 Å². The van der Waals surface area contributed by atoms with E-state index >= 15 is 0 Å². The Morgan fingerprint density at radius 1 is 0.944 bits per heavy atom. The Bertz CT molecular complexity index is 1290. The lowest BCUT2D eigenvalue weighted by molar-refractivity contribution is -0.136. The molecule has 0 atom stereocenters. The molecule has 4 aromatic carbocycles. The van der Waals surface area contributed by atoms with Crippen LogP contribution in [-0.4, -0.2) is 24.3 Å². The molecule has 0 aromatic heterocycles. The number of amides is 1. The highest BCUT2D eigenvalue weighted by molar-refractivity contribution is 9.10. The van der Waals surface area contributed by atoms with Crippen LogP contribution in [0.3, 0.4) is 0 Å². The summed E-state index contributed by atoms with van der Waals surface area (Å²) in [6, 6.07) is 30.9. The fourth-order valence-electron chi connectivity index (χ4n) is 3.72. The highest BCUT2D eigenvalue weighted by Gasteiger charge is 2.39. The molecule has 0 saturated heterocycles. The highest BCUT2D eigenvalue weighted by Crippen LogP contribution is 2.37. The number of methoxy groups -OCH3 is 1. The minimum absolute atomic E-state index is 0.386. The number of rotatable bonds is 9. The molecule has 7 heteroatoms. The Morgan fingerprint density at radius 3 is 2.06 bits per heavy atom. The third kappa shape index (κ3) is 5.64. The second-order valence-electron chi connectivity index (χ2n) is 7.95. The van der Waals surface area contributed by atoms with Crippen LogP contribution in [0.2, 0.25) is 0 Å². The summed E-state index contributed by atoms with van der Waals surface area (Å²) in [5.74, 6) is 0.397. The van der Waals surface area contributed by atoms with Gasteiger partial charge in [-0.1, -0.05) is 91.0 Å². The third-order valence-electron chi connectivity index (χ3n) is 5.57. The predicted octanol–water partition coefficient (Wildman–Crippen LogP) is 5.42. The van der Waals surface area contributed by atoms with E-state index in [0.29, 0.717) is 39.3 Å². The third-order valence-corrected chi connectivity index (χ3v) is 6.16. The van der Waals surface area contributed by atoms with Gasteiger partial charge < -0.3 is 14.6 Å². The fraction of sp³-hybridized carbons (Fsp3) is 0.103. The molecule has 0 saturated carbocycles. The first kappa shape index (κ1) is 25.2. The van der Waals surface area contributed by atoms with Crippen molar-refractivity contribution in [3.05, 3.63) is 130 Å². The summed E-state index contributed by atoms with van der Waals surface area (Å²) in [4.78, 5) is 13.2. The van der Waals surface area contributed by atoms with Crippen molar-refractivity contribution in [3.8, 4) is 11.5 Å². The zero-order chi connectivity index (χ0) is 25.4. The summed E-state index contributed by atoms with van der Waals surface area (Å²) in [7, 11) is 1.56. The molecule has 0 aliphatic rings. The molecule has 4 aromatic rings.